The Labute approximate surface area is 133 Å². The van der Waals surface area contributed by atoms with E-state index in [1.54, 1.807) is 6.92 Å². The highest BCUT2D eigenvalue weighted by Crippen LogP contribution is 2.24. The third-order valence-electron chi connectivity index (χ3n) is 3.31. The molecule has 122 valence electrons. The van der Waals surface area contributed by atoms with E-state index in [1.165, 1.54) is 6.20 Å². The average Bonchev–Trinajstić information content (AvgIpc) is 2.43. The molecule has 2 heterocycles. The Morgan fingerprint density at radius 1 is 1.45 bits per heavy atom. The van der Waals surface area contributed by atoms with Gasteiger partial charge in [0.25, 0.3) is 5.56 Å². The quantitative estimate of drug-likeness (QED) is 0.769. The molecule has 2 unspecified atom stereocenters. The van der Waals surface area contributed by atoms with Crippen molar-refractivity contribution in [2.45, 2.75) is 39.5 Å². The highest BCUT2D eigenvalue weighted by atomic mass is 35.5. The fourth-order valence-corrected chi connectivity index (χ4v) is 2.76. The van der Waals surface area contributed by atoms with Crippen molar-refractivity contribution in [3.63, 3.8) is 0 Å². The van der Waals surface area contributed by atoms with Crippen molar-refractivity contribution in [2.75, 3.05) is 24.6 Å². The van der Waals surface area contributed by atoms with Crippen LogP contribution in [0.5, 0.6) is 0 Å². The molecular formula is C14H20ClN3O4. The number of anilines is 1. The van der Waals surface area contributed by atoms with E-state index in [-0.39, 0.29) is 30.4 Å². The second-order valence-electron chi connectivity index (χ2n) is 5.27. The monoisotopic (exact) mass is 329 g/mol. The lowest BCUT2D eigenvalue weighted by Gasteiger charge is -2.36. The molecule has 1 fully saturated rings. The predicted molar refractivity (Wildman–Crippen MR) is 82.4 cm³/mol. The standard InChI is InChI=1S/C14H20ClN3O4/c1-4-21-12(19)8-18-14(20)13(15)11(5-16-18)17-6-9(2)22-10(3)7-17/h5,9-10H,4,6-8H2,1-3H3. The van der Waals surface area contributed by atoms with Gasteiger partial charge in [-0.2, -0.15) is 5.10 Å². The van der Waals surface area contributed by atoms with Gasteiger partial charge in [0, 0.05) is 13.1 Å². The normalized spacial score (nSPS) is 21.7. The molecule has 1 aromatic heterocycles. The minimum atomic E-state index is -0.519. The molecule has 8 heteroatoms. The molecule has 7 nitrogen and oxygen atoms in total. The first-order chi connectivity index (χ1) is 10.4. The number of halogens is 1. The van der Waals surface area contributed by atoms with Crippen LogP contribution >= 0.6 is 11.6 Å². The molecule has 1 aliphatic rings. The molecular weight excluding hydrogens is 310 g/mol. The zero-order valence-electron chi connectivity index (χ0n) is 12.9. The van der Waals surface area contributed by atoms with E-state index in [9.17, 15) is 9.59 Å². The minimum absolute atomic E-state index is 0.0433. The van der Waals surface area contributed by atoms with Crippen LogP contribution in [-0.4, -0.2) is 47.7 Å². The first kappa shape index (κ1) is 16.8. The van der Waals surface area contributed by atoms with Crippen LogP contribution in [0.1, 0.15) is 20.8 Å². The van der Waals surface area contributed by atoms with Crippen molar-refractivity contribution in [3.8, 4) is 0 Å². The fraction of sp³-hybridized carbons (Fsp3) is 0.643. The fourth-order valence-electron chi connectivity index (χ4n) is 2.49. The number of nitrogens with zero attached hydrogens (tertiary/aromatic N) is 3. The van der Waals surface area contributed by atoms with Crippen molar-refractivity contribution in [2.24, 2.45) is 0 Å². The summed E-state index contributed by atoms with van der Waals surface area (Å²) < 4.78 is 11.5. The van der Waals surface area contributed by atoms with Crippen molar-refractivity contribution >= 4 is 23.3 Å². The number of rotatable bonds is 4. The molecule has 2 rings (SSSR count). The number of morpholine rings is 1. The summed E-state index contributed by atoms with van der Waals surface area (Å²) in [6, 6.07) is 0. The lowest BCUT2D eigenvalue weighted by atomic mass is 10.2. The lowest BCUT2D eigenvalue weighted by Crippen LogP contribution is -2.46. The summed E-state index contributed by atoms with van der Waals surface area (Å²) in [5.41, 5.74) is 0.0628. The number of carbonyl (C=O) groups is 1. The first-order valence-corrected chi connectivity index (χ1v) is 7.61. The van der Waals surface area contributed by atoms with E-state index in [0.29, 0.717) is 18.8 Å². The van der Waals surface area contributed by atoms with Crippen molar-refractivity contribution in [1.82, 2.24) is 9.78 Å². The third kappa shape index (κ3) is 3.78. The molecule has 1 saturated heterocycles. The maximum absolute atomic E-state index is 12.2. The van der Waals surface area contributed by atoms with Gasteiger partial charge in [-0.25, -0.2) is 4.68 Å². The Bertz CT molecular complexity index is 594. The molecule has 1 aromatic rings. The van der Waals surface area contributed by atoms with Crippen LogP contribution in [0, 0.1) is 0 Å². The summed E-state index contributed by atoms with van der Waals surface area (Å²) in [4.78, 5) is 25.7. The molecule has 0 aromatic carbocycles. The van der Waals surface area contributed by atoms with Crippen LogP contribution in [0.2, 0.25) is 5.02 Å². The molecule has 0 N–H and O–H groups in total. The Hall–Kier alpha value is -1.60. The molecule has 0 radical (unpaired) electrons. The Morgan fingerprint density at radius 2 is 2.09 bits per heavy atom. The Morgan fingerprint density at radius 3 is 2.68 bits per heavy atom. The van der Waals surface area contributed by atoms with E-state index in [0.717, 1.165) is 4.68 Å². The molecule has 0 aliphatic carbocycles. The smallest absolute Gasteiger partial charge is 0.327 e. The minimum Gasteiger partial charge on any atom is -0.465 e. The van der Waals surface area contributed by atoms with Crippen LogP contribution in [0.15, 0.2) is 11.0 Å². The molecule has 2 atom stereocenters. The molecule has 1 aliphatic heterocycles. The number of aromatic nitrogens is 2. The summed E-state index contributed by atoms with van der Waals surface area (Å²) >= 11 is 6.18. The van der Waals surface area contributed by atoms with Gasteiger partial charge in [0.1, 0.15) is 11.6 Å². The van der Waals surface area contributed by atoms with E-state index in [1.807, 2.05) is 18.7 Å². The van der Waals surface area contributed by atoms with Gasteiger partial charge in [-0.1, -0.05) is 11.6 Å². The van der Waals surface area contributed by atoms with Crippen molar-refractivity contribution in [3.05, 3.63) is 21.6 Å². The average molecular weight is 330 g/mol. The summed E-state index contributed by atoms with van der Waals surface area (Å²) in [6.45, 7) is 6.90. The van der Waals surface area contributed by atoms with E-state index >= 15 is 0 Å². The number of esters is 1. The van der Waals surface area contributed by atoms with Crippen LogP contribution in [0.25, 0.3) is 0 Å². The second kappa shape index (κ2) is 7.11. The number of carbonyl (C=O) groups excluding carboxylic acids is 1. The molecule has 0 bridgehead atoms. The summed E-state index contributed by atoms with van der Waals surface area (Å²) in [7, 11) is 0. The SMILES string of the molecule is CCOC(=O)Cn1ncc(N2CC(C)OC(C)C2)c(Cl)c1=O. The number of ether oxygens (including phenoxy) is 2. The van der Waals surface area contributed by atoms with Crippen LogP contribution in [0.4, 0.5) is 5.69 Å². The highest BCUT2D eigenvalue weighted by Gasteiger charge is 2.25. The summed E-state index contributed by atoms with van der Waals surface area (Å²) in [6.07, 6.45) is 1.59. The highest BCUT2D eigenvalue weighted by molar-refractivity contribution is 6.33. The van der Waals surface area contributed by atoms with E-state index in [4.69, 9.17) is 21.1 Å². The van der Waals surface area contributed by atoms with Gasteiger partial charge in [0.2, 0.25) is 0 Å². The van der Waals surface area contributed by atoms with Gasteiger partial charge in [-0.15, -0.1) is 0 Å². The third-order valence-corrected chi connectivity index (χ3v) is 3.67. The van der Waals surface area contributed by atoms with Gasteiger partial charge < -0.3 is 14.4 Å². The van der Waals surface area contributed by atoms with Gasteiger partial charge in [0.15, 0.2) is 0 Å². The van der Waals surface area contributed by atoms with Gasteiger partial charge in [-0.3, -0.25) is 9.59 Å². The predicted octanol–water partition coefficient (Wildman–Crippen LogP) is 1.07. The topological polar surface area (TPSA) is 73.7 Å². The largest absolute Gasteiger partial charge is 0.465 e. The molecule has 22 heavy (non-hydrogen) atoms. The lowest BCUT2D eigenvalue weighted by molar-refractivity contribution is -0.144. The Kier molecular flexibility index (Phi) is 5.42. The number of hydrogen-bond acceptors (Lipinski definition) is 6. The van der Waals surface area contributed by atoms with Gasteiger partial charge >= 0.3 is 5.97 Å². The van der Waals surface area contributed by atoms with Gasteiger partial charge in [-0.05, 0) is 20.8 Å². The van der Waals surface area contributed by atoms with Gasteiger partial charge in [0.05, 0.1) is 30.7 Å². The number of hydrogen-bond donors (Lipinski definition) is 0. The summed E-state index contributed by atoms with van der Waals surface area (Å²) in [5, 5.41) is 4.08. The molecule has 0 saturated carbocycles. The van der Waals surface area contributed by atoms with Crippen LogP contribution in [-0.2, 0) is 20.8 Å². The molecule has 0 spiro atoms. The molecule has 0 amide bonds. The summed E-state index contributed by atoms with van der Waals surface area (Å²) in [5.74, 6) is -0.519. The first-order valence-electron chi connectivity index (χ1n) is 7.24. The van der Waals surface area contributed by atoms with Crippen molar-refractivity contribution in [1.29, 1.82) is 0 Å². The zero-order chi connectivity index (χ0) is 16.3. The van der Waals surface area contributed by atoms with Crippen molar-refractivity contribution < 1.29 is 14.3 Å². The Balaban J connectivity index is 2.23. The van der Waals surface area contributed by atoms with E-state index < -0.39 is 11.5 Å². The van der Waals surface area contributed by atoms with E-state index in [2.05, 4.69) is 5.10 Å². The zero-order valence-corrected chi connectivity index (χ0v) is 13.7. The second-order valence-corrected chi connectivity index (χ2v) is 5.65. The van der Waals surface area contributed by atoms with Crippen LogP contribution in [0.3, 0.4) is 0 Å². The maximum Gasteiger partial charge on any atom is 0.327 e. The van der Waals surface area contributed by atoms with Crippen LogP contribution < -0.4 is 10.5 Å². The maximum atomic E-state index is 12.2.